The predicted molar refractivity (Wildman–Crippen MR) is 124 cm³/mol. The van der Waals surface area contributed by atoms with Gasteiger partial charge in [-0.25, -0.2) is 0 Å². The maximum atomic E-state index is 5.92. The van der Waals surface area contributed by atoms with E-state index in [0.29, 0.717) is 25.7 Å². The Labute approximate surface area is 187 Å². The summed E-state index contributed by atoms with van der Waals surface area (Å²) in [7, 11) is 1.69. The van der Waals surface area contributed by atoms with E-state index >= 15 is 0 Å². The van der Waals surface area contributed by atoms with E-state index in [1.54, 1.807) is 7.11 Å². The second-order valence-electron chi connectivity index (χ2n) is 6.80. The zero-order valence-electron chi connectivity index (χ0n) is 17.3. The minimum absolute atomic E-state index is 0. The van der Waals surface area contributed by atoms with Gasteiger partial charge in [0.1, 0.15) is 0 Å². The molecule has 1 saturated heterocycles. The minimum atomic E-state index is 0. The molecule has 6 nitrogen and oxygen atoms in total. The average molecular weight is 505 g/mol. The van der Waals surface area contributed by atoms with Crippen LogP contribution in [0.25, 0.3) is 0 Å². The molecule has 0 bridgehead atoms. The Hall–Kier alpha value is -0.900. The van der Waals surface area contributed by atoms with Gasteiger partial charge >= 0.3 is 0 Å². The SMILES string of the molecule is CCNC(=NCCCOCCOC)N1CCC(COCc2ccccc2)C1.I. The highest BCUT2D eigenvalue weighted by Crippen LogP contribution is 2.17. The summed E-state index contributed by atoms with van der Waals surface area (Å²) in [6.45, 7) is 9.33. The van der Waals surface area contributed by atoms with Crippen LogP contribution in [0.5, 0.6) is 0 Å². The van der Waals surface area contributed by atoms with E-state index in [2.05, 4.69) is 41.4 Å². The number of nitrogens with one attached hydrogen (secondary N) is 1. The highest BCUT2D eigenvalue weighted by molar-refractivity contribution is 14.0. The smallest absolute Gasteiger partial charge is 0.193 e. The maximum absolute atomic E-state index is 5.92. The molecule has 1 fully saturated rings. The van der Waals surface area contributed by atoms with Gasteiger partial charge in [-0.1, -0.05) is 30.3 Å². The number of likely N-dealkylation sites (tertiary alicyclic amines) is 1. The van der Waals surface area contributed by atoms with Crippen LogP contribution in [0.4, 0.5) is 0 Å². The van der Waals surface area contributed by atoms with E-state index in [9.17, 15) is 0 Å². The monoisotopic (exact) mass is 505 g/mol. The van der Waals surface area contributed by atoms with Crippen LogP contribution >= 0.6 is 24.0 Å². The molecule has 7 heteroatoms. The van der Waals surface area contributed by atoms with Crippen LogP contribution < -0.4 is 5.32 Å². The second-order valence-corrected chi connectivity index (χ2v) is 6.80. The summed E-state index contributed by atoms with van der Waals surface area (Å²) in [6.07, 6.45) is 2.08. The van der Waals surface area contributed by atoms with E-state index in [1.165, 1.54) is 5.56 Å². The molecule has 1 heterocycles. The van der Waals surface area contributed by atoms with Crippen molar-refractivity contribution in [3.8, 4) is 0 Å². The number of rotatable bonds is 12. The summed E-state index contributed by atoms with van der Waals surface area (Å²) in [5, 5.41) is 3.41. The third-order valence-electron chi connectivity index (χ3n) is 4.53. The molecule has 0 aliphatic carbocycles. The van der Waals surface area contributed by atoms with E-state index in [-0.39, 0.29) is 24.0 Å². The van der Waals surface area contributed by atoms with Gasteiger partial charge in [-0.05, 0) is 25.3 Å². The molecule has 0 spiro atoms. The Morgan fingerprint density at radius 3 is 2.75 bits per heavy atom. The number of hydrogen-bond acceptors (Lipinski definition) is 4. The second kappa shape index (κ2) is 16.0. The van der Waals surface area contributed by atoms with Crippen LogP contribution in [0.3, 0.4) is 0 Å². The van der Waals surface area contributed by atoms with Crippen LogP contribution in [0.15, 0.2) is 35.3 Å². The van der Waals surface area contributed by atoms with Crippen LogP contribution in [-0.2, 0) is 20.8 Å². The number of hydrogen-bond donors (Lipinski definition) is 1. The molecule has 1 atom stereocenters. The van der Waals surface area contributed by atoms with Crippen molar-refractivity contribution in [1.29, 1.82) is 0 Å². The Morgan fingerprint density at radius 1 is 1.18 bits per heavy atom. The summed E-state index contributed by atoms with van der Waals surface area (Å²) in [5.74, 6) is 1.58. The van der Waals surface area contributed by atoms with Gasteiger partial charge in [0.15, 0.2) is 5.96 Å². The van der Waals surface area contributed by atoms with E-state index in [4.69, 9.17) is 19.2 Å². The van der Waals surface area contributed by atoms with Crippen molar-refractivity contribution in [3.63, 3.8) is 0 Å². The standard InChI is InChI=1S/C21H35N3O3.HI/c1-3-22-21(23-11-7-13-26-15-14-25-2)24-12-10-20(16-24)18-27-17-19-8-5-4-6-9-19;/h4-6,8-9,20H,3,7,10-18H2,1-2H3,(H,22,23);1H. The highest BCUT2D eigenvalue weighted by Gasteiger charge is 2.24. The van der Waals surface area contributed by atoms with Gasteiger partial charge in [-0.15, -0.1) is 24.0 Å². The average Bonchev–Trinajstić information content (AvgIpc) is 3.16. The van der Waals surface area contributed by atoms with Gasteiger partial charge in [-0.2, -0.15) is 0 Å². The summed E-state index contributed by atoms with van der Waals surface area (Å²) >= 11 is 0. The van der Waals surface area contributed by atoms with Crippen LogP contribution in [-0.4, -0.2) is 70.6 Å². The quantitative estimate of drug-likeness (QED) is 0.205. The number of nitrogens with zero attached hydrogens (tertiary/aromatic N) is 2. The number of methoxy groups -OCH3 is 1. The predicted octanol–water partition coefficient (Wildman–Crippen LogP) is 3.16. The van der Waals surface area contributed by atoms with Crippen molar-refractivity contribution in [1.82, 2.24) is 10.2 Å². The normalized spacial score (nSPS) is 16.9. The summed E-state index contributed by atoms with van der Waals surface area (Å²) < 4.78 is 16.4. The summed E-state index contributed by atoms with van der Waals surface area (Å²) in [6, 6.07) is 10.4. The topological polar surface area (TPSA) is 55.3 Å². The summed E-state index contributed by atoms with van der Waals surface area (Å²) in [4.78, 5) is 7.11. The van der Waals surface area contributed by atoms with Gasteiger partial charge in [0.25, 0.3) is 0 Å². The molecule has 1 unspecified atom stereocenters. The Kier molecular flexibility index (Phi) is 14.3. The van der Waals surface area contributed by atoms with Crippen molar-refractivity contribution in [2.75, 3.05) is 59.7 Å². The lowest BCUT2D eigenvalue weighted by molar-refractivity contribution is 0.0702. The third-order valence-corrected chi connectivity index (χ3v) is 4.53. The van der Waals surface area contributed by atoms with Crippen molar-refractivity contribution in [2.45, 2.75) is 26.4 Å². The van der Waals surface area contributed by atoms with Gasteiger partial charge in [0, 0.05) is 45.8 Å². The van der Waals surface area contributed by atoms with Crippen molar-refractivity contribution >= 4 is 29.9 Å². The Morgan fingerprint density at radius 2 is 2.00 bits per heavy atom. The third kappa shape index (κ3) is 10.0. The molecule has 1 aromatic rings. The lowest BCUT2D eigenvalue weighted by Crippen LogP contribution is -2.40. The molecule has 1 aliphatic rings. The molecule has 2 rings (SSSR count). The number of aliphatic imine (C=N–C) groups is 1. The van der Waals surface area contributed by atoms with Crippen molar-refractivity contribution in [3.05, 3.63) is 35.9 Å². The Balaban J connectivity index is 0.00000392. The summed E-state index contributed by atoms with van der Waals surface area (Å²) in [5.41, 5.74) is 1.23. The number of ether oxygens (including phenoxy) is 3. The van der Waals surface area contributed by atoms with Gasteiger partial charge in [0.05, 0.1) is 26.4 Å². The molecule has 0 saturated carbocycles. The van der Waals surface area contributed by atoms with E-state index in [0.717, 1.165) is 58.2 Å². The molecule has 160 valence electrons. The largest absolute Gasteiger partial charge is 0.382 e. The number of benzene rings is 1. The highest BCUT2D eigenvalue weighted by atomic mass is 127. The Bertz CT molecular complexity index is 531. The molecule has 0 radical (unpaired) electrons. The van der Waals surface area contributed by atoms with Crippen LogP contribution in [0, 0.1) is 5.92 Å². The minimum Gasteiger partial charge on any atom is -0.382 e. The fourth-order valence-corrected chi connectivity index (χ4v) is 3.10. The van der Waals surface area contributed by atoms with Gasteiger partial charge in [-0.3, -0.25) is 4.99 Å². The van der Waals surface area contributed by atoms with Gasteiger partial charge in [0.2, 0.25) is 0 Å². The van der Waals surface area contributed by atoms with Crippen molar-refractivity contribution in [2.24, 2.45) is 10.9 Å². The number of guanidine groups is 1. The van der Waals surface area contributed by atoms with Gasteiger partial charge < -0.3 is 24.4 Å². The van der Waals surface area contributed by atoms with Crippen LogP contribution in [0.1, 0.15) is 25.3 Å². The first-order chi connectivity index (χ1) is 13.3. The number of halogens is 1. The van der Waals surface area contributed by atoms with E-state index in [1.807, 2.05) is 6.07 Å². The van der Waals surface area contributed by atoms with E-state index < -0.39 is 0 Å². The molecular weight excluding hydrogens is 469 g/mol. The first-order valence-corrected chi connectivity index (χ1v) is 10.0. The lowest BCUT2D eigenvalue weighted by Gasteiger charge is -2.21. The van der Waals surface area contributed by atoms with Crippen molar-refractivity contribution < 1.29 is 14.2 Å². The zero-order chi connectivity index (χ0) is 19.2. The molecule has 1 N–H and O–H groups in total. The molecule has 1 aromatic carbocycles. The fraction of sp³-hybridized carbons (Fsp3) is 0.667. The molecule has 1 aliphatic heterocycles. The zero-order valence-corrected chi connectivity index (χ0v) is 19.6. The lowest BCUT2D eigenvalue weighted by atomic mass is 10.1. The fourth-order valence-electron chi connectivity index (χ4n) is 3.10. The molecule has 0 amide bonds. The first-order valence-electron chi connectivity index (χ1n) is 10.0. The molecular formula is C21H36IN3O3. The molecule has 28 heavy (non-hydrogen) atoms. The van der Waals surface area contributed by atoms with Crippen LogP contribution in [0.2, 0.25) is 0 Å². The maximum Gasteiger partial charge on any atom is 0.193 e. The molecule has 0 aromatic heterocycles. The first kappa shape index (κ1) is 25.1.